The molecule has 2 aliphatic carbocycles. The van der Waals surface area contributed by atoms with Crippen LogP contribution in [-0.4, -0.2) is 13.2 Å². The molecule has 0 spiro atoms. The van der Waals surface area contributed by atoms with Crippen molar-refractivity contribution < 1.29 is 8.42 Å². The van der Waals surface area contributed by atoms with Crippen LogP contribution in [0.2, 0.25) is 0 Å². The van der Waals surface area contributed by atoms with E-state index in [2.05, 4.69) is 0 Å². The average molecular weight is 181 g/mol. The summed E-state index contributed by atoms with van der Waals surface area (Å²) in [7, 11) is 2.04. The molecule has 4 heteroatoms. The minimum Gasteiger partial charge on any atom is -0.212 e. The number of hydrogen-bond donors (Lipinski definition) is 0. The Hall–Kier alpha value is 0.240. The molecule has 0 amide bonds. The van der Waals surface area contributed by atoms with Gasteiger partial charge in [0.25, 0.3) is 0 Å². The third-order valence-corrected chi connectivity index (χ3v) is 5.18. The van der Waals surface area contributed by atoms with Crippen molar-refractivity contribution >= 4 is 19.7 Å². The summed E-state index contributed by atoms with van der Waals surface area (Å²) in [5.74, 6) is 0.398. The zero-order valence-electron chi connectivity index (χ0n) is 5.51. The molecule has 0 saturated heterocycles. The molecule has 10 heavy (non-hydrogen) atoms. The van der Waals surface area contributed by atoms with Crippen LogP contribution >= 0.6 is 10.7 Å². The number of rotatable bonds is 2. The van der Waals surface area contributed by atoms with Gasteiger partial charge in [-0.25, -0.2) is 8.42 Å². The van der Waals surface area contributed by atoms with E-state index in [-0.39, 0.29) is 0 Å². The van der Waals surface area contributed by atoms with Crippen molar-refractivity contribution in [2.45, 2.75) is 30.4 Å². The van der Waals surface area contributed by atoms with Crippen LogP contribution in [0.5, 0.6) is 0 Å². The topological polar surface area (TPSA) is 34.1 Å². The lowest BCUT2D eigenvalue weighted by Gasteiger charge is -2.07. The summed E-state index contributed by atoms with van der Waals surface area (Å²) in [4.78, 5) is 0. The molecular weight excluding hydrogens is 172 g/mol. The third kappa shape index (κ3) is 0.800. The second kappa shape index (κ2) is 1.69. The SMILES string of the molecule is O=S(=O)(Cl)C1(C2CC2)CC1. The molecule has 0 aromatic carbocycles. The average Bonchev–Trinajstić information content (AvgIpc) is 2.56. The van der Waals surface area contributed by atoms with Gasteiger partial charge in [-0.05, 0) is 31.6 Å². The summed E-state index contributed by atoms with van der Waals surface area (Å²) in [6.07, 6.45) is 3.71. The largest absolute Gasteiger partial charge is 0.238 e. The van der Waals surface area contributed by atoms with E-state index in [0.717, 1.165) is 25.7 Å². The van der Waals surface area contributed by atoms with Crippen molar-refractivity contribution in [3.8, 4) is 0 Å². The van der Waals surface area contributed by atoms with Crippen LogP contribution in [0, 0.1) is 5.92 Å². The van der Waals surface area contributed by atoms with Gasteiger partial charge in [-0.15, -0.1) is 0 Å². The van der Waals surface area contributed by atoms with E-state index >= 15 is 0 Å². The Morgan fingerprint density at radius 2 is 1.80 bits per heavy atom. The van der Waals surface area contributed by atoms with Crippen molar-refractivity contribution in [2.24, 2.45) is 5.92 Å². The predicted molar refractivity (Wildman–Crippen MR) is 39.5 cm³/mol. The van der Waals surface area contributed by atoms with Crippen LogP contribution in [-0.2, 0) is 9.05 Å². The second-order valence-electron chi connectivity index (χ2n) is 3.28. The van der Waals surface area contributed by atoms with E-state index in [4.69, 9.17) is 10.7 Å². The molecule has 0 aromatic rings. The Bertz CT molecular complexity index is 249. The normalized spacial score (nSPS) is 30.1. The maximum Gasteiger partial charge on any atom is 0.238 e. The lowest BCUT2D eigenvalue weighted by atomic mass is 10.3. The summed E-state index contributed by atoms with van der Waals surface area (Å²) >= 11 is 0. The van der Waals surface area contributed by atoms with E-state index < -0.39 is 13.8 Å². The van der Waals surface area contributed by atoms with E-state index in [0.29, 0.717) is 5.92 Å². The third-order valence-electron chi connectivity index (χ3n) is 2.55. The molecule has 2 fully saturated rings. The highest BCUT2D eigenvalue weighted by Gasteiger charge is 2.62. The molecule has 2 rings (SSSR count). The number of halogens is 1. The van der Waals surface area contributed by atoms with Crippen LogP contribution in [0.1, 0.15) is 25.7 Å². The molecule has 2 saturated carbocycles. The summed E-state index contributed by atoms with van der Waals surface area (Å²) in [5.41, 5.74) is 0. The van der Waals surface area contributed by atoms with Crippen LogP contribution in [0.3, 0.4) is 0 Å². The fourth-order valence-electron chi connectivity index (χ4n) is 1.58. The van der Waals surface area contributed by atoms with Gasteiger partial charge in [0.1, 0.15) is 0 Å². The predicted octanol–water partition coefficient (Wildman–Crippen LogP) is 1.50. The van der Waals surface area contributed by atoms with Gasteiger partial charge in [-0.3, -0.25) is 0 Å². The monoisotopic (exact) mass is 180 g/mol. The number of hydrogen-bond acceptors (Lipinski definition) is 2. The molecule has 0 aromatic heterocycles. The van der Waals surface area contributed by atoms with Crippen LogP contribution < -0.4 is 0 Å². The van der Waals surface area contributed by atoms with Gasteiger partial charge >= 0.3 is 0 Å². The Labute approximate surface area is 65.0 Å². The van der Waals surface area contributed by atoms with Crippen LogP contribution in [0.15, 0.2) is 0 Å². The first-order valence-corrected chi connectivity index (χ1v) is 5.81. The summed E-state index contributed by atoms with van der Waals surface area (Å²) < 4.78 is 21.5. The van der Waals surface area contributed by atoms with Gasteiger partial charge in [-0.1, -0.05) is 0 Å². The van der Waals surface area contributed by atoms with Crippen molar-refractivity contribution in [1.82, 2.24) is 0 Å². The van der Waals surface area contributed by atoms with Crippen LogP contribution in [0.4, 0.5) is 0 Å². The first kappa shape index (κ1) is 6.92. The van der Waals surface area contributed by atoms with E-state index in [1.165, 1.54) is 0 Å². The fraction of sp³-hybridized carbons (Fsp3) is 1.00. The molecule has 58 valence electrons. The van der Waals surface area contributed by atoms with Gasteiger partial charge in [0.2, 0.25) is 9.05 Å². The standard InChI is InChI=1S/C6H9ClO2S/c7-10(8,9)6(3-4-6)5-1-2-5/h5H,1-4H2. The zero-order valence-corrected chi connectivity index (χ0v) is 7.08. The molecule has 2 aliphatic rings. The lowest BCUT2D eigenvalue weighted by Crippen LogP contribution is -2.19. The molecule has 0 aliphatic heterocycles. The van der Waals surface area contributed by atoms with E-state index in [9.17, 15) is 8.42 Å². The quantitative estimate of drug-likeness (QED) is 0.604. The van der Waals surface area contributed by atoms with Gasteiger partial charge < -0.3 is 0 Å². The molecule has 2 nitrogen and oxygen atoms in total. The summed E-state index contributed by atoms with van der Waals surface area (Å²) in [6.45, 7) is 0. The highest BCUT2D eigenvalue weighted by atomic mass is 35.7. The maximum absolute atomic E-state index is 11.0. The first-order chi connectivity index (χ1) is 4.56. The Balaban J connectivity index is 2.29. The van der Waals surface area contributed by atoms with Crippen LogP contribution in [0.25, 0.3) is 0 Å². The first-order valence-electron chi connectivity index (χ1n) is 3.50. The van der Waals surface area contributed by atoms with Gasteiger partial charge in [-0.2, -0.15) is 0 Å². The van der Waals surface area contributed by atoms with Crippen molar-refractivity contribution in [3.63, 3.8) is 0 Å². The molecule has 0 atom stereocenters. The summed E-state index contributed by atoms with van der Waals surface area (Å²) in [6, 6.07) is 0. The minimum atomic E-state index is -3.26. The van der Waals surface area contributed by atoms with Gasteiger partial charge in [0.15, 0.2) is 0 Å². The van der Waals surface area contributed by atoms with Gasteiger partial charge in [0, 0.05) is 10.7 Å². The molecule has 0 N–H and O–H groups in total. The highest BCUT2D eigenvalue weighted by Crippen LogP contribution is 2.59. The molecule has 0 bridgehead atoms. The summed E-state index contributed by atoms with van der Waals surface area (Å²) in [5, 5.41) is 0. The Morgan fingerprint density at radius 3 is 1.90 bits per heavy atom. The van der Waals surface area contributed by atoms with E-state index in [1.54, 1.807) is 0 Å². The molecular formula is C6H9ClO2S. The Morgan fingerprint density at radius 1 is 1.30 bits per heavy atom. The second-order valence-corrected chi connectivity index (χ2v) is 6.18. The smallest absolute Gasteiger partial charge is 0.212 e. The highest BCUT2D eigenvalue weighted by molar-refractivity contribution is 8.15. The maximum atomic E-state index is 11.0. The fourth-order valence-corrected chi connectivity index (χ4v) is 3.65. The lowest BCUT2D eigenvalue weighted by molar-refractivity contribution is 0.578. The van der Waals surface area contributed by atoms with Crippen molar-refractivity contribution in [3.05, 3.63) is 0 Å². The Kier molecular flexibility index (Phi) is 1.17. The van der Waals surface area contributed by atoms with Gasteiger partial charge in [0.05, 0.1) is 4.75 Å². The van der Waals surface area contributed by atoms with Crippen molar-refractivity contribution in [1.29, 1.82) is 0 Å². The molecule has 0 heterocycles. The molecule has 0 radical (unpaired) electrons. The van der Waals surface area contributed by atoms with E-state index in [1.807, 2.05) is 0 Å². The zero-order chi connectivity index (χ0) is 7.41. The van der Waals surface area contributed by atoms with Crippen molar-refractivity contribution in [2.75, 3.05) is 0 Å². The minimum absolute atomic E-state index is 0.398. The molecule has 0 unspecified atom stereocenters.